The molecule has 0 radical (unpaired) electrons. The summed E-state index contributed by atoms with van der Waals surface area (Å²) in [5.74, 6) is 0.185. The third kappa shape index (κ3) is 5.34. The number of hydrogen-bond acceptors (Lipinski definition) is 2. The second kappa shape index (κ2) is 8.37. The zero-order valence-corrected chi connectivity index (χ0v) is 10.4. The van der Waals surface area contributed by atoms with Crippen molar-refractivity contribution in [3.8, 4) is 0 Å². The Kier molecular flexibility index (Phi) is 6.95. The van der Waals surface area contributed by atoms with E-state index in [2.05, 4.69) is 12.2 Å². The summed E-state index contributed by atoms with van der Waals surface area (Å²) in [6, 6.07) is 0. The van der Waals surface area contributed by atoms with Gasteiger partial charge >= 0.3 is 5.97 Å². The fourth-order valence-corrected chi connectivity index (χ4v) is 2.07. The summed E-state index contributed by atoms with van der Waals surface area (Å²) in [5.41, 5.74) is 0. The van der Waals surface area contributed by atoms with E-state index in [0.717, 1.165) is 44.9 Å². The highest BCUT2D eigenvalue weighted by atomic mass is 16.5. The maximum absolute atomic E-state index is 11.8. The van der Waals surface area contributed by atoms with E-state index in [4.69, 9.17) is 4.74 Å². The normalized spacial score (nSPS) is 22.7. The van der Waals surface area contributed by atoms with Crippen LogP contribution in [0.5, 0.6) is 0 Å². The number of carbonyl (C=O) groups excluding carboxylic acids is 1. The topological polar surface area (TPSA) is 26.3 Å². The lowest BCUT2D eigenvalue weighted by Crippen LogP contribution is -2.18. The van der Waals surface area contributed by atoms with Gasteiger partial charge in [0.05, 0.1) is 12.5 Å². The van der Waals surface area contributed by atoms with Gasteiger partial charge in [-0.25, -0.2) is 0 Å². The maximum Gasteiger partial charge on any atom is 0.308 e. The van der Waals surface area contributed by atoms with Gasteiger partial charge < -0.3 is 4.74 Å². The number of hydrogen-bond donors (Lipinski definition) is 0. The highest BCUT2D eigenvalue weighted by molar-refractivity contribution is 5.72. The van der Waals surface area contributed by atoms with Crippen molar-refractivity contribution in [2.75, 3.05) is 6.61 Å². The number of allylic oxidation sites excluding steroid dienone is 2. The number of carbonyl (C=O) groups is 1. The highest BCUT2D eigenvalue weighted by Gasteiger charge is 2.18. The molecule has 1 aliphatic carbocycles. The summed E-state index contributed by atoms with van der Waals surface area (Å²) in [5, 5.41) is 0. The predicted molar refractivity (Wildman–Crippen MR) is 66.2 cm³/mol. The fourth-order valence-electron chi connectivity index (χ4n) is 2.07. The van der Waals surface area contributed by atoms with Gasteiger partial charge in [0, 0.05) is 0 Å². The van der Waals surface area contributed by atoms with E-state index >= 15 is 0 Å². The Bertz CT molecular complexity index is 221. The van der Waals surface area contributed by atoms with Crippen LogP contribution in [-0.2, 0) is 9.53 Å². The molecule has 0 amide bonds. The van der Waals surface area contributed by atoms with Gasteiger partial charge in [0.25, 0.3) is 0 Å². The fraction of sp³-hybridized carbons (Fsp3) is 0.786. The lowest BCUT2D eigenvalue weighted by Gasteiger charge is -2.16. The second-order valence-electron chi connectivity index (χ2n) is 4.55. The zero-order chi connectivity index (χ0) is 11.6. The molecule has 0 aromatic rings. The second-order valence-corrected chi connectivity index (χ2v) is 4.55. The summed E-state index contributed by atoms with van der Waals surface area (Å²) < 4.78 is 5.24. The molecule has 0 fully saturated rings. The van der Waals surface area contributed by atoms with Gasteiger partial charge in [-0.05, 0) is 44.9 Å². The molecule has 0 bridgehead atoms. The van der Waals surface area contributed by atoms with Crippen LogP contribution in [0.4, 0.5) is 0 Å². The molecule has 0 spiro atoms. The molecule has 2 heteroatoms. The van der Waals surface area contributed by atoms with E-state index in [9.17, 15) is 4.79 Å². The predicted octanol–water partition coefficient (Wildman–Crippen LogP) is 3.86. The molecule has 0 aromatic carbocycles. The number of rotatable bonds is 3. The van der Waals surface area contributed by atoms with Crippen LogP contribution in [0, 0.1) is 5.92 Å². The van der Waals surface area contributed by atoms with Crippen LogP contribution in [0.3, 0.4) is 0 Å². The molecule has 0 aromatic heterocycles. The summed E-state index contributed by atoms with van der Waals surface area (Å²) in [6.07, 6.45) is 13.2. The van der Waals surface area contributed by atoms with Crippen LogP contribution in [0.2, 0.25) is 0 Å². The molecular weight excluding hydrogens is 200 g/mol. The molecule has 0 saturated carbocycles. The highest BCUT2D eigenvalue weighted by Crippen LogP contribution is 2.20. The Hall–Kier alpha value is -0.790. The van der Waals surface area contributed by atoms with Gasteiger partial charge in [0.15, 0.2) is 0 Å². The van der Waals surface area contributed by atoms with E-state index in [-0.39, 0.29) is 11.9 Å². The molecule has 0 N–H and O–H groups in total. The van der Waals surface area contributed by atoms with Crippen molar-refractivity contribution in [3.63, 3.8) is 0 Å². The summed E-state index contributed by atoms with van der Waals surface area (Å²) in [6.45, 7) is 2.61. The SMILES string of the molecule is CCCOC(=O)C1CCCC=CCCCC1. The van der Waals surface area contributed by atoms with E-state index in [1.807, 2.05) is 6.92 Å². The third-order valence-electron chi connectivity index (χ3n) is 3.05. The summed E-state index contributed by atoms with van der Waals surface area (Å²) in [7, 11) is 0. The molecule has 1 unspecified atom stereocenters. The maximum atomic E-state index is 11.8. The van der Waals surface area contributed by atoms with Crippen LogP contribution in [-0.4, -0.2) is 12.6 Å². The first kappa shape index (κ1) is 13.3. The molecule has 16 heavy (non-hydrogen) atoms. The van der Waals surface area contributed by atoms with Crippen LogP contribution in [0.25, 0.3) is 0 Å². The largest absolute Gasteiger partial charge is 0.465 e. The van der Waals surface area contributed by atoms with Gasteiger partial charge in [-0.3, -0.25) is 4.79 Å². The summed E-state index contributed by atoms with van der Waals surface area (Å²) in [4.78, 5) is 11.8. The van der Waals surface area contributed by atoms with Crippen LogP contribution < -0.4 is 0 Å². The quantitative estimate of drug-likeness (QED) is 0.537. The Labute approximate surface area is 99.1 Å². The minimum absolute atomic E-state index is 0.0337. The van der Waals surface area contributed by atoms with Crippen molar-refractivity contribution in [3.05, 3.63) is 12.2 Å². The molecule has 92 valence electrons. The smallest absolute Gasteiger partial charge is 0.308 e. The van der Waals surface area contributed by atoms with Gasteiger partial charge in [0.1, 0.15) is 0 Å². The first-order chi connectivity index (χ1) is 7.84. The van der Waals surface area contributed by atoms with Crippen molar-refractivity contribution in [1.29, 1.82) is 0 Å². The van der Waals surface area contributed by atoms with Gasteiger partial charge in [-0.2, -0.15) is 0 Å². The lowest BCUT2D eigenvalue weighted by atomic mass is 9.94. The minimum Gasteiger partial charge on any atom is -0.465 e. The third-order valence-corrected chi connectivity index (χ3v) is 3.05. The molecule has 0 heterocycles. The minimum atomic E-state index is 0.0337. The van der Waals surface area contributed by atoms with E-state index in [1.54, 1.807) is 0 Å². The number of esters is 1. The Balaban J connectivity index is 2.36. The van der Waals surface area contributed by atoms with Crippen LogP contribution in [0.1, 0.15) is 58.3 Å². The lowest BCUT2D eigenvalue weighted by molar-refractivity contribution is -0.149. The first-order valence-corrected chi connectivity index (χ1v) is 6.66. The molecule has 0 aliphatic heterocycles. The first-order valence-electron chi connectivity index (χ1n) is 6.66. The van der Waals surface area contributed by atoms with Crippen LogP contribution >= 0.6 is 0 Å². The van der Waals surface area contributed by atoms with Crippen molar-refractivity contribution in [2.24, 2.45) is 5.92 Å². The average molecular weight is 224 g/mol. The zero-order valence-electron chi connectivity index (χ0n) is 10.4. The number of ether oxygens (including phenoxy) is 1. The molecule has 1 aliphatic rings. The molecule has 1 atom stereocenters. The van der Waals surface area contributed by atoms with Crippen molar-refractivity contribution in [2.45, 2.75) is 58.3 Å². The van der Waals surface area contributed by atoms with Crippen molar-refractivity contribution >= 4 is 5.97 Å². The molecule has 1 rings (SSSR count). The summed E-state index contributed by atoms with van der Waals surface area (Å²) >= 11 is 0. The van der Waals surface area contributed by atoms with Crippen molar-refractivity contribution < 1.29 is 9.53 Å². The van der Waals surface area contributed by atoms with E-state index in [1.165, 1.54) is 6.42 Å². The standard InChI is InChI=1S/C14H24O2/c1-2-12-16-14(15)13-10-8-6-4-3-5-7-9-11-13/h3-4,13H,2,5-12H2,1H3. The Morgan fingerprint density at radius 1 is 1.19 bits per heavy atom. The van der Waals surface area contributed by atoms with E-state index < -0.39 is 0 Å². The Morgan fingerprint density at radius 3 is 2.62 bits per heavy atom. The molecule has 0 saturated heterocycles. The van der Waals surface area contributed by atoms with Crippen LogP contribution in [0.15, 0.2) is 12.2 Å². The van der Waals surface area contributed by atoms with Gasteiger partial charge in [-0.15, -0.1) is 0 Å². The van der Waals surface area contributed by atoms with Crippen molar-refractivity contribution in [1.82, 2.24) is 0 Å². The molecule has 2 nitrogen and oxygen atoms in total. The van der Waals surface area contributed by atoms with E-state index in [0.29, 0.717) is 6.61 Å². The van der Waals surface area contributed by atoms with Gasteiger partial charge in [-0.1, -0.05) is 25.5 Å². The molecular formula is C14H24O2. The monoisotopic (exact) mass is 224 g/mol. The Morgan fingerprint density at radius 2 is 1.88 bits per heavy atom. The average Bonchev–Trinajstić information content (AvgIpc) is 2.32. The van der Waals surface area contributed by atoms with Gasteiger partial charge in [0.2, 0.25) is 0 Å².